The van der Waals surface area contributed by atoms with Gasteiger partial charge in [-0.15, -0.1) is 0 Å². The predicted molar refractivity (Wildman–Crippen MR) is 77.7 cm³/mol. The van der Waals surface area contributed by atoms with Gasteiger partial charge in [-0.3, -0.25) is 4.79 Å². The molecule has 0 unspecified atom stereocenters. The lowest BCUT2D eigenvalue weighted by Crippen LogP contribution is -2.41. The summed E-state index contributed by atoms with van der Waals surface area (Å²) in [7, 11) is -4.11. The zero-order valence-corrected chi connectivity index (χ0v) is 13.3. The Morgan fingerprint density at radius 2 is 1.80 bits per heavy atom. The second-order valence-electron chi connectivity index (χ2n) is 4.69. The Balaban J connectivity index is 3.13. The lowest BCUT2D eigenvalue weighted by atomic mass is 10.1. The number of benzene rings is 1. The van der Waals surface area contributed by atoms with Gasteiger partial charge >= 0.3 is 5.97 Å². The van der Waals surface area contributed by atoms with Gasteiger partial charge in [-0.2, -0.15) is 4.72 Å². The van der Waals surface area contributed by atoms with Gasteiger partial charge in [-0.05, 0) is 24.5 Å². The number of halogens is 2. The van der Waals surface area contributed by atoms with Crippen LogP contribution in [0.1, 0.15) is 20.3 Å². The van der Waals surface area contributed by atoms with Crippen LogP contribution in [0.15, 0.2) is 23.1 Å². The molecule has 2 N–H and O–H groups in total. The largest absolute Gasteiger partial charge is 0.480 e. The van der Waals surface area contributed by atoms with Crippen LogP contribution in [0.3, 0.4) is 0 Å². The summed E-state index contributed by atoms with van der Waals surface area (Å²) >= 11 is 11.7. The average Bonchev–Trinajstić information content (AvgIpc) is 2.26. The zero-order valence-electron chi connectivity index (χ0n) is 10.9. The third kappa shape index (κ3) is 4.34. The summed E-state index contributed by atoms with van der Waals surface area (Å²) in [6.07, 6.45) is 0.163. The number of sulfonamides is 1. The van der Waals surface area contributed by atoms with Gasteiger partial charge in [0.2, 0.25) is 10.0 Å². The van der Waals surface area contributed by atoms with Crippen LogP contribution in [-0.2, 0) is 14.8 Å². The van der Waals surface area contributed by atoms with E-state index < -0.39 is 22.0 Å². The summed E-state index contributed by atoms with van der Waals surface area (Å²) in [5.74, 6) is -1.23. The molecule has 0 fully saturated rings. The quantitative estimate of drug-likeness (QED) is 0.834. The summed E-state index contributed by atoms with van der Waals surface area (Å²) < 4.78 is 26.6. The van der Waals surface area contributed by atoms with E-state index in [9.17, 15) is 13.2 Å². The molecule has 0 saturated heterocycles. The minimum atomic E-state index is -4.11. The van der Waals surface area contributed by atoms with Crippen molar-refractivity contribution in [3.8, 4) is 0 Å². The van der Waals surface area contributed by atoms with Gasteiger partial charge in [-0.25, -0.2) is 8.42 Å². The molecule has 0 aliphatic carbocycles. The van der Waals surface area contributed by atoms with E-state index >= 15 is 0 Å². The number of aliphatic carboxylic acids is 1. The second kappa shape index (κ2) is 6.76. The van der Waals surface area contributed by atoms with Crippen LogP contribution in [0.5, 0.6) is 0 Å². The topological polar surface area (TPSA) is 83.5 Å². The summed E-state index contributed by atoms with van der Waals surface area (Å²) in [5.41, 5.74) is 0. The van der Waals surface area contributed by atoms with Crippen molar-refractivity contribution in [2.45, 2.75) is 31.2 Å². The van der Waals surface area contributed by atoms with E-state index in [0.29, 0.717) is 0 Å². The first kappa shape index (κ1) is 17.2. The number of hydrogen-bond acceptors (Lipinski definition) is 3. The summed E-state index contributed by atoms with van der Waals surface area (Å²) in [6.45, 7) is 3.60. The first-order valence-corrected chi connectivity index (χ1v) is 8.08. The van der Waals surface area contributed by atoms with E-state index in [4.69, 9.17) is 28.3 Å². The maximum atomic E-state index is 12.2. The molecule has 0 aliphatic heterocycles. The van der Waals surface area contributed by atoms with E-state index in [2.05, 4.69) is 4.72 Å². The highest BCUT2D eigenvalue weighted by Crippen LogP contribution is 2.29. The Bertz CT molecular complexity index is 581. The average molecular weight is 340 g/mol. The molecule has 1 aromatic rings. The lowest BCUT2D eigenvalue weighted by molar-refractivity contribution is -0.139. The number of carboxylic acid groups (broad SMARTS) is 1. The molecule has 0 spiro atoms. The Hall–Kier alpha value is -0.820. The Kier molecular flexibility index (Phi) is 5.82. The van der Waals surface area contributed by atoms with Crippen LogP contribution in [0.4, 0.5) is 0 Å². The number of hydrogen-bond donors (Lipinski definition) is 2. The molecular weight excluding hydrogens is 325 g/mol. The minimum absolute atomic E-state index is 0.0144. The van der Waals surface area contributed by atoms with Crippen molar-refractivity contribution in [2.75, 3.05) is 0 Å². The van der Waals surface area contributed by atoms with Crippen molar-refractivity contribution in [3.05, 3.63) is 28.2 Å². The zero-order chi connectivity index (χ0) is 15.5. The Morgan fingerprint density at radius 1 is 1.30 bits per heavy atom. The third-order valence-corrected chi connectivity index (χ3v) is 4.92. The second-order valence-corrected chi connectivity index (χ2v) is 7.16. The van der Waals surface area contributed by atoms with Gasteiger partial charge in [0, 0.05) is 0 Å². The molecule has 0 aliphatic rings. The number of carboxylic acids is 1. The number of carbonyl (C=O) groups is 1. The van der Waals surface area contributed by atoms with Crippen molar-refractivity contribution >= 4 is 39.2 Å². The van der Waals surface area contributed by atoms with Gasteiger partial charge in [0.25, 0.3) is 0 Å². The first-order valence-electron chi connectivity index (χ1n) is 5.84. The Morgan fingerprint density at radius 3 is 2.20 bits per heavy atom. The molecule has 1 atom stereocenters. The predicted octanol–water partition coefficient (Wildman–Crippen LogP) is 2.77. The van der Waals surface area contributed by atoms with Gasteiger partial charge in [0.1, 0.15) is 10.9 Å². The van der Waals surface area contributed by atoms with Crippen molar-refractivity contribution in [1.82, 2.24) is 4.72 Å². The highest BCUT2D eigenvalue weighted by molar-refractivity contribution is 7.89. The molecule has 0 bridgehead atoms. The van der Waals surface area contributed by atoms with Crippen LogP contribution in [0, 0.1) is 5.92 Å². The third-order valence-electron chi connectivity index (χ3n) is 2.49. The molecule has 1 aromatic carbocycles. The lowest BCUT2D eigenvalue weighted by Gasteiger charge is -2.17. The smallest absolute Gasteiger partial charge is 0.321 e. The van der Waals surface area contributed by atoms with Crippen LogP contribution in [-0.4, -0.2) is 25.5 Å². The summed E-state index contributed by atoms with van der Waals surface area (Å²) in [6, 6.07) is 3.03. The molecule has 0 amide bonds. The first-order chi connectivity index (χ1) is 9.15. The van der Waals surface area contributed by atoms with E-state index in [1.165, 1.54) is 18.2 Å². The molecule has 8 heteroatoms. The SMILES string of the molecule is CC(C)C[C@H](NS(=O)(=O)c1c(Cl)cccc1Cl)C(=O)O. The van der Waals surface area contributed by atoms with Crippen molar-refractivity contribution in [3.63, 3.8) is 0 Å². The normalized spacial score (nSPS) is 13.4. The molecule has 20 heavy (non-hydrogen) atoms. The monoisotopic (exact) mass is 339 g/mol. The van der Waals surface area contributed by atoms with Crippen molar-refractivity contribution in [1.29, 1.82) is 0 Å². The van der Waals surface area contributed by atoms with Gasteiger partial charge < -0.3 is 5.11 Å². The summed E-state index contributed by atoms with van der Waals surface area (Å²) in [4.78, 5) is 10.8. The number of rotatable bonds is 6. The van der Waals surface area contributed by atoms with E-state index in [-0.39, 0.29) is 27.3 Å². The van der Waals surface area contributed by atoms with Crippen molar-refractivity contribution < 1.29 is 18.3 Å². The highest BCUT2D eigenvalue weighted by Gasteiger charge is 2.29. The molecule has 112 valence electrons. The van der Waals surface area contributed by atoms with Crippen LogP contribution < -0.4 is 4.72 Å². The minimum Gasteiger partial charge on any atom is -0.480 e. The fourth-order valence-electron chi connectivity index (χ4n) is 1.66. The number of nitrogens with one attached hydrogen (secondary N) is 1. The molecule has 1 rings (SSSR count). The molecule has 0 heterocycles. The fraction of sp³-hybridized carbons (Fsp3) is 0.417. The molecule has 0 saturated carbocycles. The van der Waals surface area contributed by atoms with Crippen LogP contribution in [0.2, 0.25) is 10.0 Å². The van der Waals surface area contributed by atoms with Gasteiger partial charge in [0.05, 0.1) is 10.0 Å². The van der Waals surface area contributed by atoms with E-state index in [1.807, 2.05) is 0 Å². The summed E-state index contributed by atoms with van der Waals surface area (Å²) in [5, 5.41) is 8.96. The molecular formula is C12H15Cl2NO4S. The maximum absolute atomic E-state index is 12.2. The van der Waals surface area contributed by atoms with Gasteiger partial charge in [-0.1, -0.05) is 43.1 Å². The van der Waals surface area contributed by atoms with Crippen molar-refractivity contribution in [2.24, 2.45) is 5.92 Å². The van der Waals surface area contributed by atoms with Crippen LogP contribution in [0.25, 0.3) is 0 Å². The van der Waals surface area contributed by atoms with E-state index in [0.717, 1.165) is 0 Å². The van der Waals surface area contributed by atoms with E-state index in [1.54, 1.807) is 13.8 Å². The Labute approximate surface area is 127 Å². The molecule has 0 radical (unpaired) electrons. The van der Waals surface area contributed by atoms with Gasteiger partial charge in [0.15, 0.2) is 0 Å². The highest BCUT2D eigenvalue weighted by atomic mass is 35.5. The molecule has 0 aromatic heterocycles. The standard InChI is InChI=1S/C12H15Cl2NO4S/c1-7(2)6-10(12(16)17)15-20(18,19)11-8(13)4-3-5-9(11)14/h3-5,7,10,15H,6H2,1-2H3,(H,16,17)/t10-/m0/s1. The molecule has 5 nitrogen and oxygen atoms in total. The fourth-order valence-corrected chi connectivity index (χ4v) is 4.00. The van der Waals surface area contributed by atoms with Crippen LogP contribution >= 0.6 is 23.2 Å². The maximum Gasteiger partial charge on any atom is 0.321 e.